The van der Waals surface area contributed by atoms with Crippen molar-refractivity contribution in [2.45, 2.75) is 458 Å². The maximum absolute atomic E-state index is 6.32. The fourth-order valence-corrected chi connectivity index (χ4v) is 21.9. The van der Waals surface area contributed by atoms with Crippen molar-refractivity contribution in [1.29, 1.82) is 0 Å². The largest absolute Gasteiger partial charge is 2.00 e. The van der Waals surface area contributed by atoms with E-state index in [1.807, 2.05) is 0 Å². The van der Waals surface area contributed by atoms with Gasteiger partial charge in [0.2, 0.25) is 0 Å². The van der Waals surface area contributed by atoms with Crippen LogP contribution in [-0.4, -0.2) is 73.2 Å². The van der Waals surface area contributed by atoms with Gasteiger partial charge in [-0.25, -0.2) is 0 Å². The van der Waals surface area contributed by atoms with Crippen LogP contribution in [0, 0.1) is 0 Å². The van der Waals surface area contributed by atoms with Crippen LogP contribution in [-0.2, 0) is 70.8 Å². The molecule has 12 fully saturated rings. The first-order valence-corrected chi connectivity index (χ1v) is 43.2. The molecule has 12 nitrogen and oxygen atoms in total. The van der Waals surface area contributed by atoms with Crippen LogP contribution in [0.1, 0.15) is 385 Å². The zero-order chi connectivity index (χ0) is 60.1. The topological polar surface area (TPSA) is 111 Å². The van der Waals surface area contributed by atoms with Crippen molar-refractivity contribution in [1.82, 2.24) is 0 Å². The van der Waals surface area contributed by atoms with Crippen molar-refractivity contribution in [3.63, 3.8) is 0 Å². The van der Waals surface area contributed by atoms with Crippen molar-refractivity contribution < 1.29 is 95.6 Å². The van der Waals surface area contributed by atoms with Gasteiger partial charge in [0, 0.05) is 0 Å². The molecular formula is C72H132Cl2NiO12P4. The van der Waals surface area contributed by atoms with Gasteiger partial charge < -0.3 is 79.1 Å². The number of hydrogen-bond acceptors (Lipinski definition) is 12. The van der Waals surface area contributed by atoms with Crippen LogP contribution in [0.15, 0.2) is 0 Å². The van der Waals surface area contributed by atoms with E-state index in [4.69, 9.17) is 54.3 Å². The van der Waals surface area contributed by atoms with E-state index in [1.165, 1.54) is 385 Å². The second-order valence-electron chi connectivity index (χ2n) is 29.3. The van der Waals surface area contributed by atoms with E-state index in [2.05, 4.69) is 0 Å². The Bertz CT molecular complexity index is 1250. The standard InChI is InChI=1S/4C18H33O3P.2ClH.Ni/c4*1-4-10-16(11-5-1)19-22(20-17-12-6-2-7-13-17)21-18-14-8-3-9-15-18;;;/h4*16-18H,1-15H2;2*1H;/q;;;;;;+2/p-2. The van der Waals surface area contributed by atoms with Crippen molar-refractivity contribution in [3.8, 4) is 0 Å². The van der Waals surface area contributed by atoms with Gasteiger partial charge in [-0.05, 0) is 154 Å². The number of rotatable bonds is 24. The molecule has 0 atom stereocenters. The van der Waals surface area contributed by atoms with Crippen LogP contribution in [0.4, 0.5) is 0 Å². The van der Waals surface area contributed by atoms with Gasteiger partial charge in [-0.3, -0.25) is 0 Å². The Labute approximate surface area is 584 Å². The van der Waals surface area contributed by atoms with Crippen molar-refractivity contribution >= 4 is 34.4 Å². The Kier molecular flexibility index (Phi) is 46.5. The van der Waals surface area contributed by atoms with Gasteiger partial charge in [0.25, 0.3) is 0 Å². The summed E-state index contributed by atoms with van der Waals surface area (Å²) in [5, 5.41) is 0. The second-order valence-corrected chi connectivity index (χ2v) is 33.6. The molecule has 0 aromatic rings. The van der Waals surface area contributed by atoms with E-state index in [1.54, 1.807) is 0 Å². The molecule has 0 N–H and O–H groups in total. The molecule has 0 bridgehead atoms. The summed E-state index contributed by atoms with van der Waals surface area (Å²) >= 11 is 0. The molecule has 0 saturated heterocycles. The first-order chi connectivity index (χ1) is 43.6. The number of hydrogen-bond donors (Lipinski definition) is 0. The van der Waals surface area contributed by atoms with Crippen LogP contribution in [0.3, 0.4) is 0 Å². The Morgan fingerprint density at radius 3 is 0.253 bits per heavy atom. The van der Waals surface area contributed by atoms with Gasteiger partial charge in [0.1, 0.15) is 0 Å². The predicted octanol–water partition coefficient (Wildman–Crippen LogP) is 19.1. The molecule has 91 heavy (non-hydrogen) atoms. The normalized spacial score (nSPS) is 25.7. The molecule has 0 unspecified atom stereocenters. The van der Waals surface area contributed by atoms with E-state index in [0.29, 0.717) is 73.2 Å². The van der Waals surface area contributed by atoms with Gasteiger partial charge in [-0.2, -0.15) is 0 Å². The maximum Gasteiger partial charge on any atom is 2.00 e. The first-order valence-electron chi connectivity index (χ1n) is 38.8. The Morgan fingerprint density at radius 1 is 0.121 bits per heavy atom. The molecule has 19 heteroatoms. The average molecular weight is 1440 g/mol. The fraction of sp³-hybridized carbons (Fsp3) is 1.00. The third-order valence-electron chi connectivity index (χ3n) is 21.4. The molecule has 0 aromatic heterocycles. The summed E-state index contributed by atoms with van der Waals surface area (Å²) in [6.07, 6.45) is 81.0. The summed E-state index contributed by atoms with van der Waals surface area (Å²) in [5.74, 6) is 0. The third-order valence-corrected chi connectivity index (χ3v) is 27.1. The molecular weight excluding hydrogens is 1310 g/mol. The van der Waals surface area contributed by atoms with E-state index in [0.717, 1.165) is 0 Å². The Hall–Kier alpha value is 2.31. The molecule has 0 aliphatic heterocycles. The first kappa shape index (κ1) is 82.3. The quantitative estimate of drug-likeness (QED) is 0.0678. The van der Waals surface area contributed by atoms with E-state index >= 15 is 0 Å². The molecule has 536 valence electrons. The zero-order valence-electron chi connectivity index (χ0n) is 57.1. The minimum absolute atomic E-state index is 0. The summed E-state index contributed by atoms with van der Waals surface area (Å²) in [7, 11) is -4.52. The van der Waals surface area contributed by atoms with E-state index in [9.17, 15) is 0 Å². The van der Waals surface area contributed by atoms with Crippen molar-refractivity contribution in [3.05, 3.63) is 0 Å². The average Bonchev–Trinajstić information content (AvgIpc) is 3.75. The van der Waals surface area contributed by atoms with Crippen molar-refractivity contribution in [2.75, 3.05) is 0 Å². The monoisotopic (exact) mass is 1440 g/mol. The summed E-state index contributed by atoms with van der Waals surface area (Å²) in [4.78, 5) is 0. The molecule has 0 aromatic carbocycles. The summed E-state index contributed by atoms with van der Waals surface area (Å²) in [6.45, 7) is 0. The van der Waals surface area contributed by atoms with E-state index in [-0.39, 0.29) is 41.3 Å². The molecule has 12 saturated carbocycles. The predicted molar refractivity (Wildman–Crippen MR) is 363 cm³/mol. The van der Waals surface area contributed by atoms with Gasteiger partial charge >= 0.3 is 50.9 Å². The summed E-state index contributed by atoms with van der Waals surface area (Å²) < 4.78 is 75.8. The maximum atomic E-state index is 6.32. The van der Waals surface area contributed by atoms with Crippen LogP contribution in [0.2, 0.25) is 0 Å². The van der Waals surface area contributed by atoms with Crippen LogP contribution in [0.25, 0.3) is 0 Å². The fourth-order valence-electron chi connectivity index (χ4n) is 15.8. The van der Waals surface area contributed by atoms with Crippen LogP contribution < -0.4 is 24.8 Å². The molecule has 12 aliphatic rings. The summed E-state index contributed by atoms with van der Waals surface area (Å²) in [5.41, 5.74) is 0. The summed E-state index contributed by atoms with van der Waals surface area (Å²) in [6, 6.07) is 0. The van der Waals surface area contributed by atoms with Gasteiger partial charge in [0.05, 0.1) is 73.2 Å². The van der Waals surface area contributed by atoms with Gasteiger partial charge in [0.15, 0.2) is 0 Å². The minimum Gasteiger partial charge on any atom is -1.00 e. The van der Waals surface area contributed by atoms with Crippen LogP contribution >= 0.6 is 34.4 Å². The van der Waals surface area contributed by atoms with Gasteiger partial charge in [-0.1, -0.05) is 231 Å². The van der Waals surface area contributed by atoms with Crippen molar-refractivity contribution in [2.24, 2.45) is 0 Å². The van der Waals surface area contributed by atoms with E-state index < -0.39 is 34.4 Å². The molecule has 0 amide bonds. The smallest absolute Gasteiger partial charge is 1.00 e. The molecule has 12 aliphatic carbocycles. The van der Waals surface area contributed by atoms with Gasteiger partial charge in [-0.15, -0.1) is 0 Å². The van der Waals surface area contributed by atoms with Crippen LogP contribution in [0.5, 0.6) is 0 Å². The third kappa shape index (κ3) is 35.2. The molecule has 0 spiro atoms. The zero-order valence-corrected chi connectivity index (χ0v) is 63.2. The molecule has 12 rings (SSSR count). The minimum atomic E-state index is -1.13. The molecule has 0 radical (unpaired) electrons. The Morgan fingerprint density at radius 2 is 0.187 bits per heavy atom. The second kappa shape index (κ2) is 51.5. The Balaban J connectivity index is 0.000000191. The molecule has 0 heterocycles. The number of halogens is 2. The SMILES string of the molecule is C1CCC(OP(OC2CCCCC2)OC2CCCCC2)CC1.C1CCC(OP(OC2CCCCC2)OC2CCCCC2)CC1.C1CCC(OP(OC2CCCCC2)OC2CCCCC2)CC1.C1CCC(OP(OC2CCCCC2)OC2CCCCC2)CC1.[Cl-].[Cl-].[Ni+2].